The highest BCUT2D eigenvalue weighted by molar-refractivity contribution is 5.80. The van der Waals surface area contributed by atoms with Gasteiger partial charge in [-0.15, -0.1) is 0 Å². The quantitative estimate of drug-likeness (QED) is 0.810. The largest absolute Gasteiger partial charge is 0.346 e. The Morgan fingerprint density at radius 2 is 2.33 bits per heavy atom. The van der Waals surface area contributed by atoms with E-state index in [2.05, 4.69) is 34.7 Å². The molecule has 2 heterocycles. The Labute approximate surface area is 107 Å². The number of fused-ring (bicyclic) bond motifs is 1. The lowest BCUT2D eigenvalue weighted by Gasteiger charge is -2.04. The van der Waals surface area contributed by atoms with Gasteiger partial charge in [0.1, 0.15) is 5.65 Å². The van der Waals surface area contributed by atoms with Gasteiger partial charge in [0.15, 0.2) is 6.20 Å². The molecule has 0 aliphatic heterocycles. The number of nitrogens with zero attached hydrogens (tertiary/aromatic N) is 2. The number of H-pyrrole nitrogens is 1. The van der Waals surface area contributed by atoms with E-state index in [0.29, 0.717) is 5.92 Å². The molecule has 3 heteroatoms. The van der Waals surface area contributed by atoms with E-state index < -0.39 is 0 Å². The molecule has 2 aromatic rings. The van der Waals surface area contributed by atoms with Gasteiger partial charge in [-0.2, -0.15) is 0 Å². The van der Waals surface area contributed by atoms with E-state index in [0.717, 1.165) is 18.5 Å². The maximum Gasteiger partial charge on any atom is 0.150 e. The molecule has 0 fully saturated rings. The Hall–Kier alpha value is -2.08. The average molecular weight is 239 g/mol. The number of aromatic nitrogens is 2. The highest BCUT2D eigenvalue weighted by Crippen LogP contribution is 2.20. The van der Waals surface area contributed by atoms with Gasteiger partial charge < -0.3 is 4.98 Å². The fraction of sp³-hybridized carbons (Fsp3) is 0.333. The SMILES string of the molecule is [C-]#[N+]/C=C\Cc1c[nH]c2ncc(CC(C)C)cc12. The molecule has 0 spiro atoms. The Morgan fingerprint density at radius 1 is 1.50 bits per heavy atom. The number of aromatic amines is 1. The van der Waals surface area contributed by atoms with Crippen LogP contribution in [0.15, 0.2) is 30.7 Å². The lowest BCUT2D eigenvalue weighted by molar-refractivity contribution is 0.646. The smallest absolute Gasteiger partial charge is 0.150 e. The topological polar surface area (TPSA) is 33.0 Å². The average Bonchev–Trinajstić information content (AvgIpc) is 2.72. The van der Waals surface area contributed by atoms with Gasteiger partial charge in [-0.05, 0) is 36.0 Å². The summed E-state index contributed by atoms with van der Waals surface area (Å²) in [4.78, 5) is 10.8. The van der Waals surface area contributed by atoms with Crippen LogP contribution in [0.25, 0.3) is 15.9 Å². The third-order valence-corrected chi connectivity index (χ3v) is 2.84. The molecule has 1 N–H and O–H groups in total. The summed E-state index contributed by atoms with van der Waals surface area (Å²) in [5, 5.41) is 1.17. The van der Waals surface area contributed by atoms with Crippen molar-refractivity contribution in [3.8, 4) is 0 Å². The van der Waals surface area contributed by atoms with Gasteiger partial charge >= 0.3 is 0 Å². The second-order valence-electron chi connectivity index (χ2n) is 4.87. The van der Waals surface area contributed by atoms with Crippen molar-refractivity contribution in [3.63, 3.8) is 0 Å². The van der Waals surface area contributed by atoms with Crippen molar-refractivity contribution in [2.75, 3.05) is 0 Å². The Morgan fingerprint density at radius 3 is 3.06 bits per heavy atom. The molecule has 0 saturated heterocycles. The zero-order chi connectivity index (χ0) is 13.0. The molecule has 0 unspecified atom stereocenters. The van der Waals surface area contributed by atoms with Crippen molar-refractivity contribution in [2.45, 2.75) is 26.7 Å². The Balaban J connectivity index is 2.31. The zero-order valence-electron chi connectivity index (χ0n) is 10.8. The normalized spacial score (nSPS) is 11.4. The highest BCUT2D eigenvalue weighted by atomic mass is 14.8. The van der Waals surface area contributed by atoms with Crippen LogP contribution < -0.4 is 0 Å². The van der Waals surface area contributed by atoms with E-state index in [4.69, 9.17) is 6.57 Å². The van der Waals surface area contributed by atoms with E-state index in [9.17, 15) is 0 Å². The fourth-order valence-corrected chi connectivity index (χ4v) is 2.09. The maximum absolute atomic E-state index is 6.72. The first kappa shape index (κ1) is 12.4. The molecule has 0 amide bonds. The zero-order valence-corrected chi connectivity index (χ0v) is 10.8. The van der Waals surface area contributed by atoms with Crippen molar-refractivity contribution in [3.05, 3.63) is 53.3 Å². The number of nitrogens with one attached hydrogen (secondary N) is 1. The van der Waals surface area contributed by atoms with Crippen LogP contribution in [0.5, 0.6) is 0 Å². The van der Waals surface area contributed by atoms with Gasteiger partial charge in [-0.25, -0.2) is 9.83 Å². The maximum atomic E-state index is 6.72. The van der Waals surface area contributed by atoms with Crippen LogP contribution in [0.1, 0.15) is 25.0 Å². The molecular formula is C15H17N3. The lowest BCUT2D eigenvalue weighted by atomic mass is 10.0. The van der Waals surface area contributed by atoms with Crippen LogP contribution in [0, 0.1) is 12.5 Å². The summed E-state index contributed by atoms with van der Waals surface area (Å²) in [6.07, 6.45) is 9.12. The summed E-state index contributed by atoms with van der Waals surface area (Å²) in [5.41, 5.74) is 3.39. The van der Waals surface area contributed by atoms with Gasteiger partial charge in [0.25, 0.3) is 0 Å². The van der Waals surface area contributed by atoms with Gasteiger partial charge in [0, 0.05) is 17.8 Å². The molecule has 2 aromatic heterocycles. The van der Waals surface area contributed by atoms with Gasteiger partial charge in [-0.1, -0.05) is 19.9 Å². The monoisotopic (exact) mass is 239 g/mol. The van der Waals surface area contributed by atoms with E-state index in [-0.39, 0.29) is 0 Å². The van der Waals surface area contributed by atoms with Crippen LogP contribution >= 0.6 is 0 Å². The second kappa shape index (κ2) is 5.50. The first-order valence-electron chi connectivity index (χ1n) is 6.17. The molecule has 0 atom stereocenters. The Bertz CT molecular complexity index is 600. The number of rotatable bonds is 4. The highest BCUT2D eigenvalue weighted by Gasteiger charge is 2.05. The minimum Gasteiger partial charge on any atom is -0.346 e. The summed E-state index contributed by atoms with van der Waals surface area (Å²) in [6, 6.07) is 2.21. The van der Waals surface area contributed by atoms with Gasteiger partial charge in [-0.3, -0.25) is 0 Å². The predicted octanol–water partition coefficient (Wildman–Crippen LogP) is 3.74. The van der Waals surface area contributed by atoms with E-state index in [1.807, 2.05) is 18.5 Å². The van der Waals surface area contributed by atoms with Gasteiger partial charge in [0.2, 0.25) is 0 Å². The molecule has 92 valence electrons. The predicted molar refractivity (Wildman–Crippen MR) is 74.1 cm³/mol. The number of hydrogen-bond donors (Lipinski definition) is 1. The third kappa shape index (κ3) is 2.78. The summed E-state index contributed by atoms with van der Waals surface area (Å²) < 4.78 is 0. The molecule has 0 bridgehead atoms. The molecule has 0 aliphatic carbocycles. The van der Waals surface area contributed by atoms with Crippen LogP contribution in [0.3, 0.4) is 0 Å². The van der Waals surface area contributed by atoms with Crippen molar-refractivity contribution in [1.82, 2.24) is 9.97 Å². The lowest BCUT2D eigenvalue weighted by Crippen LogP contribution is -1.95. The standard InChI is InChI=1S/C15H17N3/c1-11(2)7-12-8-14-13(5-4-6-16-3)10-18-15(14)17-9-12/h4,6,8-11H,5,7H2,1-2H3,(H,17,18)/b6-4-. The summed E-state index contributed by atoms with van der Waals surface area (Å²) >= 11 is 0. The van der Waals surface area contributed by atoms with Crippen LogP contribution in [-0.2, 0) is 12.8 Å². The van der Waals surface area contributed by atoms with E-state index >= 15 is 0 Å². The third-order valence-electron chi connectivity index (χ3n) is 2.84. The van der Waals surface area contributed by atoms with Crippen LogP contribution in [-0.4, -0.2) is 9.97 Å². The molecule has 3 nitrogen and oxygen atoms in total. The number of hydrogen-bond acceptors (Lipinski definition) is 1. The van der Waals surface area contributed by atoms with Crippen molar-refractivity contribution < 1.29 is 0 Å². The molecule has 0 radical (unpaired) electrons. The second-order valence-corrected chi connectivity index (χ2v) is 4.87. The molecule has 0 aliphatic rings. The fourth-order valence-electron chi connectivity index (χ4n) is 2.09. The first-order chi connectivity index (χ1) is 8.70. The molecule has 0 aromatic carbocycles. The molecule has 2 rings (SSSR count). The van der Waals surface area contributed by atoms with E-state index in [1.54, 1.807) is 0 Å². The number of allylic oxidation sites excluding steroid dienone is 1. The summed E-state index contributed by atoms with van der Waals surface area (Å²) in [5.74, 6) is 0.633. The van der Waals surface area contributed by atoms with E-state index in [1.165, 1.54) is 22.7 Å². The van der Waals surface area contributed by atoms with Crippen molar-refractivity contribution in [2.24, 2.45) is 5.92 Å². The Kier molecular flexibility index (Phi) is 3.78. The van der Waals surface area contributed by atoms with Crippen LogP contribution in [0.4, 0.5) is 0 Å². The summed E-state index contributed by atoms with van der Waals surface area (Å²) in [7, 11) is 0. The van der Waals surface area contributed by atoms with Crippen molar-refractivity contribution in [1.29, 1.82) is 0 Å². The van der Waals surface area contributed by atoms with Crippen LogP contribution in [0.2, 0.25) is 0 Å². The van der Waals surface area contributed by atoms with Crippen molar-refractivity contribution >= 4 is 11.0 Å². The first-order valence-corrected chi connectivity index (χ1v) is 6.17. The number of pyridine rings is 1. The van der Waals surface area contributed by atoms with Gasteiger partial charge in [0.05, 0.1) is 6.57 Å². The molecule has 18 heavy (non-hydrogen) atoms. The minimum absolute atomic E-state index is 0.633. The molecule has 0 saturated carbocycles. The molecular weight excluding hydrogens is 222 g/mol. The summed E-state index contributed by atoms with van der Waals surface area (Å²) in [6.45, 7) is 11.1. The minimum atomic E-state index is 0.633.